The minimum atomic E-state index is 0.0605. The number of furan rings is 1. The molecule has 1 atom stereocenters. The Hall–Kier alpha value is -1.29. The SMILES string of the molecule is C[C@@H](NCC(=O)NCC1CC1)c1ccco1. The first-order valence-electron chi connectivity index (χ1n) is 5.79. The van der Waals surface area contributed by atoms with Crippen LogP contribution in [0.15, 0.2) is 22.8 Å². The molecule has 4 nitrogen and oxygen atoms in total. The quantitative estimate of drug-likeness (QED) is 0.766. The van der Waals surface area contributed by atoms with E-state index in [0.717, 1.165) is 18.2 Å². The average molecular weight is 222 g/mol. The number of nitrogens with one attached hydrogen (secondary N) is 2. The van der Waals surface area contributed by atoms with Crippen LogP contribution in [0.4, 0.5) is 0 Å². The van der Waals surface area contributed by atoms with Gasteiger partial charge in [-0.1, -0.05) is 0 Å². The van der Waals surface area contributed by atoms with Crippen LogP contribution in [0.3, 0.4) is 0 Å². The van der Waals surface area contributed by atoms with Crippen LogP contribution in [0, 0.1) is 5.92 Å². The highest BCUT2D eigenvalue weighted by molar-refractivity contribution is 5.78. The van der Waals surface area contributed by atoms with Crippen LogP contribution in [-0.4, -0.2) is 19.0 Å². The lowest BCUT2D eigenvalue weighted by molar-refractivity contribution is -0.120. The summed E-state index contributed by atoms with van der Waals surface area (Å²) in [7, 11) is 0. The maximum atomic E-state index is 11.4. The molecule has 1 fully saturated rings. The molecule has 0 spiro atoms. The zero-order valence-corrected chi connectivity index (χ0v) is 9.53. The molecule has 1 amide bonds. The second-order valence-electron chi connectivity index (χ2n) is 4.37. The lowest BCUT2D eigenvalue weighted by Crippen LogP contribution is -2.35. The molecule has 1 heterocycles. The zero-order valence-electron chi connectivity index (χ0n) is 9.53. The van der Waals surface area contributed by atoms with E-state index in [1.165, 1.54) is 12.8 Å². The van der Waals surface area contributed by atoms with E-state index in [1.54, 1.807) is 6.26 Å². The van der Waals surface area contributed by atoms with Crippen molar-refractivity contribution in [3.05, 3.63) is 24.2 Å². The molecule has 1 aliphatic rings. The van der Waals surface area contributed by atoms with Gasteiger partial charge in [0, 0.05) is 6.54 Å². The molecule has 16 heavy (non-hydrogen) atoms. The molecule has 4 heteroatoms. The van der Waals surface area contributed by atoms with Crippen molar-refractivity contribution in [2.75, 3.05) is 13.1 Å². The second kappa shape index (κ2) is 5.16. The fourth-order valence-corrected chi connectivity index (χ4v) is 1.53. The molecule has 0 radical (unpaired) electrons. The highest BCUT2D eigenvalue weighted by Gasteiger charge is 2.21. The standard InChI is InChI=1S/C12H18N2O2/c1-9(11-3-2-6-16-11)13-8-12(15)14-7-10-4-5-10/h2-3,6,9-10,13H,4-5,7-8H2,1H3,(H,14,15)/t9-/m1/s1. The van der Waals surface area contributed by atoms with E-state index in [-0.39, 0.29) is 11.9 Å². The van der Waals surface area contributed by atoms with Crippen LogP contribution < -0.4 is 10.6 Å². The third-order valence-electron chi connectivity index (χ3n) is 2.82. The van der Waals surface area contributed by atoms with Crippen LogP contribution in [0.5, 0.6) is 0 Å². The highest BCUT2D eigenvalue weighted by Crippen LogP contribution is 2.27. The van der Waals surface area contributed by atoms with Crippen LogP contribution in [0.25, 0.3) is 0 Å². The van der Waals surface area contributed by atoms with Gasteiger partial charge >= 0.3 is 0 Å². The maximum Gasteiger partial charge on any atom is 0.233 e. The first-order chi connectivity index (χ1) is 7.75. The summed E-state index contributed by atoms with van der Waals surface area (Å²) in [6.07, 6.45) is 4.16. The van der Waals surface area contributed by atoms with Gasteiger partial charge in [-0.2, -0.15) is 0 Å². The van der Waals surface area contributed by atoms with E-state index in [9.17, 15) is 4.79 Å². The van der Waals surface area contributed by atoms with Crippen molar-refractivity contribution in [2.45, 2.75) is 25.8 Å². The van der Waals surface area contributed by atoms with Crippen LogP contribution in [0.1, 0.15) is 31.6 Å². The van der Waals surface area contributed by atoms with E-state index in [4.69, 9.17) is 4.42 Å². The van der Waals surface area contributed by atoms with E-state index < -0.39 is 0 Å². The predicted molar refractivity (Wildman–Crippen MR) is 60.9 cm³/mol. The highest BCUT2D eigenvalue weighted by atomic mass is 16.3. The van der Waals surface area contributed by atoms with Gasteiger partial charge in [0.15, 0.2) is 0 Å². The summed E-state index contributed by atoms with van der Waals surface area (Å²) in [6.45, 7) is 3.15. The molecular weight excluding hydrogens is 204 g/mol. The number of amides is 1. The fourth-order valence-electron chi connectivity index (χ4n) is 1.53. The lowest BCUT2D eigenvalue weighted by Gasteiger charge is -2.11. The maximum absolute atomic E-state index is 11.4. The number of carbonyl (C=O) groups excluding carboxylic acids is 1. The average Bonchev–Trinajstić information content (AvgIpc) is 2.95. The second-order valence-corrected chi connectivity index (χ2v) is 4.37. The molecule has 0 unspecified atom stereocenters. The van der Waals surface area contributed by atoms with E-state index >= 15 is 0 Å². The smallest absolute Gasteiger partial charge is 0.233 e. The molecular formula is C12H18N2O2. The minimum absolute atomic E-state index is 0.0605. The van der Waals surface area contributed by atoms with Crippen LogP contribution in [-0.2, 0) is 4.79 Å². The van der Waals surface area contributed by atoms with Crippen molar-refractivity contribution >= 4 is 5.91 Å². The van der Waals surface area contributed by atoms with Crippen molar-refractivity contribution in [2.24, 2.45) is 5.92 Å². The van der Waals surface area contributed by atoms with Gasteiger partial charge in [-0.25, -0.2) is 0 Å². The predicted octanol–water partition coefficient (Wildman–Crippen LogP) is 1.46. The van der Waals surface area contributed by atoms with Gasteiger partial charge < -0.3 is 9.73 Å². The Kier molecular flexibility index (Phi) is 3.62. The summed E-state index contributed by atoms with van der Waals surface area (Å²) >= 11 is 0. The van der Waals surface area contributed by atoms with E-state index in [2.05, 4.69) is 10.6 Å². The van der Waals surface area contributed by atoms with Crippen molar-refractivity contribution in [1.82, 2.24) is 10.6 Å². The van der Waals surface area contributed by atoms with Crippen molar-refractivity contribution in [1.29, 1.82) is 0 Å². The Morgan fingerprint density at radius 3 is 3.06 bits per heavy atom. The molecule has 1 aromatic rings. The Bertz CT molecular complexity index is 331. The third kappa shape index (κ3) is 3.38. The summed E-state index contributed by atoms with van der Waals surface area (Å²) in [5.41, 5.74) is 0. The van der Waals surface area contributed by atoms with Gasteiger partial charge in [0.2, 0.25) is 5.91 Å². The van der Waals surface area contributed by atoms with Crippen molar-refractivity contribution in [3.8, 4) is 0 Å². The van der Waals surface area contributed by atoms with Crippen LogP contribution in [0.2, 0.25) is 0 Å². The van der Waals surface area contributed by atoms with E-state index in [0.29, 0.717) is 6.54 Å². The summed E-state index contributed by atoms with van der Waals surface area (Å²) < 4.78 is 5.24. The Morgan fingerprint density at radius 2 is 2.44 bits per heavy atom. The minimum Gasteiger partial charge on any atom is -0.468 e. The van der Waals surface area contributed by atoms with Gasteiger partial charge in [0.1, 0.15) is 5.76 Å². The Morgan fingerprint density at radius 1 is 1.62 bits per heavy atom. The largest absolute Gasteiger partial charge is 0.468 e. The lowest BCUT2D eigenvalue weighted by atomic mass is 10.2. The monoisotopic (exact) mass is 222 g/mol. The van der Waals surface area contributed by atoms with Gasteiger partial charge in [0.05, 0.1) is 18.8 Å². The van der Waals surface area contributed by atoms with Crippen molar-refractivity contribution < 1.29 is 9.21 Å². The molecule has 1 aliphatic carbocycles. The third-order valence-corrected chi connectivity index (χ3v) is 2.82. The normalized spacial score (nSPS) is 17.1. The van der Waals surface area contributed by atoms with Gasteiger partial charge in [-0.05, 0) is 37.8 Å². The fraction of sp³-hybridized carbons (Fsp3) is 0.583. The zero-order chi connectivity index (χ0) is 11.4. The number of carbonyl (C=O) groups is 1. The molecule has 0 saturated heterocycles. The van der Waals surface area contributed by atoms with Crippen molar-refractivity contribution in [3.63, 3.8) is 0 Å². The summed E-state index contributed by atoms with van der Waals surface area (Å²) in [6, 6.07) is 3.82. The molecule has 0 aromatic carbocycles. The molecule has 2 N–H and O–H groups in total. The van der Waals surface area contributed by atoms with Crippen LogP contribution >= 0.6 is 0 Å². The molecule has 2 rings (SSSR count). The summed E-state index contributed by atoms with van der Waals surface area (Å²) in [5.74, 6) is 1.65. The van der Waals surface area contributed by atoms with Gasteiger partial charge in [-0.15, -0.1) is 0 Å². The first-order valence-corrected chi connectivity index (χ1v) is 5.79. The molecule has 88 valence electrons. The van der Waals surface area contributed by atoms with Gasteiger partial charge in [0.25, 0.3) is 0 Å². The molecule has 1 saturated carbocycles. The molecule has 0 bridgehead atoms. The number of rotatable bonds is 6. The van der Waals surface area contributed by atoms with Gasteiger partial charge in [-0.3, -0.25) is 10.1 Å². The van der Waals surface area contributed by atoms with E-state index in [1.807, 2.05) is 19.1 Å². The first kappa shape index (κ1) is 11.2. The Labute approximate surface area is 95.4 Å². The molecule has 1 aromatic heterocycles. The topological polar surface area (TPSA) is 54.3 Å². The summed E-state index contributed by atoms with van der Waals surface area (Å²) in [5, 5.41) is 6.04. The summed E-state index contributed by atoms with van der Waals surface area (Å²) in [4.78, 5) is 11.4. The number of hydrogen-bond donors (Lipinski definition) is 2. The number of hydrogen-bond acceptors (Lipinski definition) is 3. The molecule has 0 aliphatic heterocycles. The Balaban J connectivity index is 1.64.